The lowest BCUT2D eigenvalue weighted by atomic mass is 10.1. The van der Waals surface area contributed by atoms with Crippen LogP contribution in [0.3, 0.4) is 0 Å². The number of benzene rings is 2. The molecule has 2 nitrogen and oxygen atoms in total. The minimum atomic E-state index is -0.449. The van der Waals surface area contributed by atoms with Crippen LogP contribution in [0.4, 0.5) is 4.39 Å². The Hall–Kier alpha value is -1.65. The van der Waals surface area contributed by atoms with Gasteiger partial charge < -0.3 is 10.5 Å². The maximum absolute atomic E-state index is 13.4. The monoisotopic (exact) mass is 323 g/mol. The Labute approximate surface area is 133 Å². The molecule has 0 fully saturated rings. The van der Waals surface area contributed by atoms with Gasteiger partial charge in [0.2, 0.25) is 0 Å². The molecule has 0 aliphatic rings. The second kappa shape index (κ2) is 6.41. The fourth-order valence-corrected chi connectivity index (χ4v) is 2.34. The number of aryl methyl sites for hydroxylation is 2. The Bertz CT molecular complexity index is 680. The van der Waals surface area contributed by atoms with E-state index in [4.69, 9.17) is 34.3 Å². The summed E-state index contributed by atoms with van der Waals surface area (Å²) in [6.07, 6.45) is 0. The van der Waals surface area contributed by atoms with Crippen LogP contribution in [0.15, 0.2) is 30.3 Å². The van der Waals surface area contributed by atoms with Crippen molar-refractivity contribution in [3.05, 3.63) is 63.4 Å². The predicted octanol–water partition coefficient (Wildman–Crippen LogP) is 4.31. The van der Waals surface area contributed by atoms with Crippen molar-refractivity contribution in [3.63, 3.8) is 0 Å². The molecule has 21 heavy (non-hydrogen) atoms. The molecule has 0 aliphatic carbocycles. The zero-order valence-corrected chi connectivity index (χ0v) is 13.3. The van der Waals surface area contributed by atoms with Gasteiger partial charge in [-0.25, -0.2) is 4.39 Å². The summed E-state index contributed by atoms with van der Waals surface area (Å²) in [4.78, 5) is 0.354. The van der Waals surface area contributed by atoms with Gasteiger partial charge >= 0.3 is 0 Å². The fourth-order valence-electron chi connectivity index (χ4n) is 2.11. The topological polar surface area (TPSA) is 35.2 Å². The van der Waals surface area contributed by atoms with Crippen LogP contribution in [0.25, 0.3) is 0 Å². The number of thiocarbonyl (C=S) groups is 1. The van der Waals surface area contributed by atoms with E-state index in [9.17, 15) is 4.39 Å². The lowest BCUT2D eigenvalue weighted by Crippen LogP contribution is -2.10. The molecule has 2 rings (SSSR count). The van der Waals surface area contributed by atoms with E-state index < -0.39 is 5.82 Å². The van der Waals surface area contributed by atoms with Crippen LogP contribution in [0, 0.1) is 19.7 Å². The molecule has 0 bridgehead atoms. The van der Waals surface area contributed by atoms with Crippen molar-refractivity contribution in [2.45, 2.75) is 20.5 Å². The SMILES string of the molecule is Cc1cc(C(N)=S)cc(C)c1OCc1ccc(Cl)c(F)c1. The van der Waals surface area contributed by atoms with Crippen LogP contribution in [-0.4, -0.2) is 4.99 Å². The molecule has 0 spiro atoms. The first kappa shape index (κ1) is 15.7. The zero-order valence-electron chi connectivity index (χ0n) is 11.7. The summed E-state index contributed by atoms with van der Waals surface area (Å²) >= 11 is 10.6. The minimum Gasteiger partial charge on any atom is -0.488 e. The van der Waals surface area contributed by atoms with Gasteiger partial charge in [0.15, 0.2) is 0 Å². The highest BCUT2D eigenvalue weighted by atomic mass is 35.5. The van der Waals surface area contributed by atoms with Gasteiger partial charge in [0.05, 0.1) is 5.02 Å². The molecule has 0 aliphatic heterocycles. The molecular formula is C16H15ClFNOS. The average Bonchev–Trinajstić information content (AvgIpc) is 2.41. The summed E-state index contributed by atoms with van der Waals surface area (Å²) in [7, 11) is 0. The zero-order chi connectivity index (χ0) is 15.6. The molecular weight excluding hydrogens is 309 g/mol. The number of halogens is 2. The van der Waals surface area contributed by atoms with E-state index in [1.807, 2.05) is 26.0 Å². The van der Waals surface area contributed by atoms with Crippen molar-refractivity contribution >= 4 is 28.8 Å². The van der Waals surface area contributed by atoms with E-state index >= 15 is 0 Å². The molecule has 0 radical (unpaired) electrons. The second-order valence-electron chi connectivity index (χ2n) is 4.84. The summed E-state index contributed by atoms with van der Waals surface area (Å²) in [6.45, 7) is 4.11. The van der Waals surface area contributed by atoms with E-state index in [1.165, 1.54) is 12.1 Å². The highest BCUT2D eigenvalue weighted by molar-refractivity contribution is 7.80. The second-order valence-corrected chi connectivity index (χ2v) is 5.69. The van der Waals surface area contributed by atoms with Crippen molar-refractivity contribution in [2.75, 3.05) is 0 Å². The van der Waals surface area contributed by atoms with Crippen molar-refractivity contribution in [1.82, 2.24) is 0 Å². The lowest BCUT2D eigenvalue weighted by molar-refractivity contribution is 0.301. The number of nitrogens with two attached hydrogens (primary N) is 1. The van der Waals surface area contributed by atoms with Gasteiger partial charge in [-0.15, -0.1) is 0 Å². The van der Waals surface area contributed by atoms with E-state index in [2.05, 4.69) is 0 Å². The Balaban J connectivity index is 2.20. The third-order valence-corrected chi connectivity index (χ3v) is 3.65. The quantitative estimate of drug-likeness (QED) is 0.852. The predicted molar refractivity (Wildman–Crippen MR) is 87.5 cm³/mol. The lowest BCUT2D eigenvalue weighted by Gasteiger charge is -2.14. The summed E-state index contributed by atoms with van der Waals surface area (Å²) in [5.41, 5.74) is 9.04. The van der Waals surface area contributed by atoms with Crippen molar-refractivity contribution in [3.8, 4) is 5.75 Å². The Kier molecular flexibility index (Phi) is 4.80. The van der Waals surface area contributed by atoms with Gasteiger partial charge in [-0.1, -0.05) is 29.9 Å². The van der Waals surface area contributed by atoms with Gasteiger partial charge in [-0.2, -0.15) is 0 Å². The maximum atomic E-state index is 13.4. The summed E-state index contributed by atoms with van der Waals surface area (Å²) in [6, 6.07) is 8.39. The third-order valence-electron chi connectivity index (χ3n) is 3.11. The molecule has 0 heterocycles. The third kappa shape index (κ3) is 3.71. The van der Waals surface area contributed by atoms with Crippen LogP contribution in [0.5, 0.6) is 5.75 Å². The van der Waals surface area contributed by atoms with Crippen molar-refractivity contribution in [2.24, 2.45) is 5.73 Å². The highest BCUT2D eigenvalue weighted by Gasteiger charge is 2.09. The Morgan fingerprint density at radius 1 is 1.24 bits per heavy atom. The molecule has 0 unspecified atom stereocenters. The van der Waals surface area contributed by atoms with Gasteiger partial charge in [-0.05, 0) is 54.8 Å². The van der Waals surface area contributed by atoms with E-state index in [1.54, 1.807) is 6.07 Å². The number of hydrogen-bond donors (Lipinski definition) is 1. The molecule has 2 aromatic rings. The smallest absolute Gasteiger partial charge is 0.142 e. The number of ether oxygens (including phenoxy) is 1. The van der Waals surface area contributed by atoms with Crippen LogP contribution in [0.2, 0.25) is 5.02 Å². The first-order valence-corrected chi connectivity index (χ1v) is 7.15. The first-order chi connectivity index (χ1) is 9.88. The minimum absolute atomic E-state index is 0.104. The molecule has 0 saturated heterocycles. The van der Waals surface area contributed by atoms with Crippen LogP contribution >= 0.6 is 23.8 Å². The first-order valence-electron chi connectivity index (χ1n) is 6.36. The average molecular weight is 324 g/mol. The van der Waals surface area contributed by atoms with Crippen LogP contribution < -0.4 is 10.5 Å². The Morgan fingerprint density at radius 2 is 1.86 bits per heavy atom. The summed E-state index contributed by atoms with van der Waals surface area (Å²) in [5.74, 6) is 0.306. The summed E-state index contributed by atoms with van der Waals surface area (Å²) < 4.78 is 19.2. The van der Waals surface area contributed by atoms with E-state index in [-0.39, 0.29) is 11.6 Å². The molecule has 0 amide bonds. The van der Waals surface area contributed by atoms with Gasteiger partial charge in [0.25, 0.3) is 0 Å². The van der Waals surface area contributed by atoms with Crippen LogP contribution in [0.1, 0.15) is 22.3 Å². The molecule has 0 saturated carbocycles. The molecule has 2 aromatic carbocycles. The number of hydrogen-bond acceptors (Lipinski definition) is 2. The maximum Gasteiger partial charge on any atom is 0.142 e. The van der Waals surface area contributed by atoms with Gasteiger partial charge in [0, 0.05) is 5.56 Å². The summed E-state index contributed by atoms with van der Waals surface area (Å²) in [5, 5.41) is 0.104. The number of rotatable bonds is 4. The van der Waals surface area contributed by atoms with Crippen molar-refractivity contribution < 1.29 is 9.13 Å². The molecule has 110 valence electrons. The van der Waals surface area contributed by atoms with Gasteiger partial charge in [0.1, 0.15) is 23.2 Å². The van der Waals surface area contributed by atoms with E-state index in [0.717, 1.165) is 22.4 Å². The largest absolute Gasteiger partial charge is 0.488 e. The molecule has 5 heteroatoms. The molecule has 0 aromatic heterocycles. The normalized spacial score (nSPS) is 10.5. The molecule has 2 N–H and O–H groups in total. The fraction of sp³-hybridized carbons (Fsp3) is 0.188. The molecule has 0 atom stereocenters. The van der Waals surface area contributed by atoms with E-state index in [0.29, 0.717) is 10.6 Å². The van der Waals surface area contributed by atoms with Crippen molar-refractivity contribution in [1.29, 1.82) is 0 Å². The Morgan fingerprint density at radius 3 is 2.38 bits per heavy atom. The standard InChI is InChI=1S/C16H15ClFNOS/c1-9-5-12(16(19)21)6-10(2)15(9)20-8-11-3-4-13(17)14(18)7-11/h3-7H,8H2,1-2H3,(H2,19,21). The van der Waals surface area contributed by atoms with Crippen LogP contribution in [-0.2, 0) is 6.61 Å². The highest BCUT2D eigenvalue weighted by Crippen LogP contribution is 2.26. The van der Waals surface area contributed by atoms with Gasteiger partial charge in [-0.3, -0.25) is 0 Å².